The summed E-state index contributed by atoms with van der Waals surface area (Å²) in [6.45, 7) is 2.96. The van der Waals surface area contributed by atoms with E-state index < -0.39 is 54.5 Å². The van der Waals surface area contributed by atoms with E-state index >= 15 is 0 Å². The summed E-state index contributed by atoms with van der Waals surface area (Å²) in [7, 11) is 0. The first kappa shape index (κ1) is 26.2. The monoisotopic (exact) mass is 461 g/mol. The Labute approximate surface area is 192 Å². The molecular weight excluding hydrogens is 430 g/mol. The molecule has 0 spiro atoms. The fourth-order valence-electron chi connectivity index (χ4n) is 3.49. The maximum absolute atomic E-state index is 13.4. The van der Waals surface area contributed by atoms with E-state index in [2.05, 4.69) is 5.32 Å². The SMILES string of the molecule is CC(C)C[C@@H](C(=O)NC(=O)CN)N(C(=O)OCc1ccccc1)C(=O)C1CC(O)C=CC1O. The zero-order valence-corrected chi connectivity index (χ0v) is 18.7. The zero-order valence-electron chi connectivity index (χ0n) is 18.7. The second-order valence-corrected chi connectivity index (χ2v) is 8.30. The fraction of sp³-hybridized carbons (Fsp3) is 0.478. The van der Waals surface area contributed by atoms with Gasteiger partial charge in [0, 0.05) is 0 Å². The van der Waals surface area contributed by atoms with Gasteiger partial charge in [0.1, 0.15) is 12.6 Å². The molecule has 1 aromatic rings. The normalized spacial score (nSPS) is 20.7. The highest BCUT2D eigenvalue weighted by molar-refractivity contribution is 6.04. The number of carbonyl (C=O) groups excluding carboxylic acids is 4. The van der Waals surface area contributed by atoms with Gasteiger partial charge in [-0.2, -0.15) is 0 Å². The zero-order chi connectivity index (χ0) is 24.5. The van der Waals surface area contributed by atoms with Crippen LogP contribution in [0.3, 0.4) is 0 Å². The molecule has 0 fully saturated rings. The number of hydrogen-bond acceptors (Lipinski definition) is 8. The Balaban J connectivity index is 2.37. The number of ether oxygens (including phenoxy) is 1. The van der Waals surface area contributed by atoms with E-state index in [0.717, 1.165) is 0 Å². The average Bonchev–Trinajstić information content (AvgIpc) is 2.78. The molecule has 1 aliphatic carbocycles. The van der Waals surface area contributed by atoms with Gasteiger partial charge in [0.25, 0.3) is 0 Å². The van der Waals surface area contributed by atoms with Crippen LogP contribution < -0.4 is 11.1 Å². The number of amides is 4. The van der Waals surface area contributed by atoms with Crippen molar-refractivity contribution in [1.29, 1.82) is 0 Å². The van der Waals surface area contributed by atoms with E-state index in [1.807, 2.05) is 0 Å². The number of nitrogens with two attached hydrogens (primary N) is 1. The lowest BCUT2D eigenvalue weighted by Gasteiger charge is -2.34. The van der Waals surface area contributed by atoms with Gasteiger partial charge in [-0.1, -0.05) is 56.3 Å². The van der Waals surface area contributed by atoms with E-state index in [1.165, 1.54) is 12.2 Å². The van der Waals surface area contributed by atoms with E-state index in [1.54, 1.807) is 44.2 Å². The Kier molecular flexibility index (Phi) is 9.71. The maximum Gasteiger partial charge on any atom is 0.417 e. The second-order valence-electron chi connectivity index (χ2n) is 8.30. The van der Waals surface area contributed by atoms with Crippen molar-refractivity contribution < 1.29 is 34.1 Å². The Morgan fingerprint density at radius 1 is 1.15 bits per heavy atom. The number of aliphatic hydroxyl groups is 2. The molecule has 4 amide bonds. The Morgan fingerprint density at radius 2 is 1.82 bits per heavy atom. The van der Waals surface area contributed by atoms with E-state index in [9.17, 15) is 29.4 Å². The van der Waals surface area contributed by atoms with Crippen molar-refractivity contribution in [3.63, 3.8) is 0 Å². The van der Waals surface area contributed by atoms with Crippen molar-refractivity contribution in [2.75, 3.05) is 6.54 Å². The first-order valence-corrected chi connectivity index (χ1v) is 10.8. The summed E-state index contributed by atoms with van der Waals surface area (Å²) in [6.07, 6.45) is -0.848. The van der Waals surface area contributed by atoms with E-state index in [-0.39, 0.29) is 25.4 Å². The third kappa shape index (κ3) is 7.48. The van der Waals surface area contributed by atoms with E-state index in [4.69, 9.17) is 10.5 Å². The summed E-state index contributed by atoms with van der Waals surface area (Å²) in [5.74, 6) is -3.86. The first-order valence-electron chi connectivity index (χ1n) is 10.8. The summed E-state index contributed by atoms with van der Waals surface area (Å²) in [5.41, 5.74) is 5.94. The lowest BCUT2D eigenvalue weighted by molar-refractivity contribution is -0.146. The van der Waals surface area contributed by atoms with Crippen LogP contribution in [0.25, 0.3) is 0 Å². The molecule has 0 aromatic heterocycles. The van der Waals surface area contributed by atoms with Gasteiger partial charge in [-0.25, -0.2) is 9.69 Å². The van der Waals surface area contributed by atoms with Gasteiger partial charge in [0.15, 0.2) is 0 Å². The largest absolute Gasteiger partial charge is 0.444 e. The molecule has 0 bridgehead atoms. The molecule has 0 heterocycles. The number of benzene rings is 1. The second kappa shape index (κ2) is 12.2. The summed E-state index contributed by atoms with van der Waals surface area (Å²) in [4.78, 5) is 51.8. The minimum Gasteiger partial charge on any atom is -0.444 e. The molecule has 180 valence electrons. The van der Waals surface area contributed by atoms with Crippen molar-refractivity contribution in [3.8, 4) is 0 Å². The fourth-order valence-corrected chi connectivity index (χ4v) is 3.49. The van der Waals surface area contributed by atoms with Crippen LogP contribution in [0, 0.1) is 11.8 Å². The maximum atomic E-state index is 13.4. The smallest absolute Gasteiger partial charge is 0.417 e. The number of rotatable bonds is 8. The summed E-state index contributed by atoms with van der Waals surface area (Å²) in [6, 6.07) is 7.37. The predicted molar refractivity (Wildman–Crippen MR) is 118 cm³/mol. The van der Waals surface area contributed by atoms with Gasteiger partial charge in [0.05, 0.1) is 24.7 Å². The number of nitrogens with zero attached hydrogens (tertiary/aromatic N) is 1. The molecule has 0 radical (unpaired) electrons. The number of aliphatic hydroxyl groups excluding tert-OH is 2. The molecule has 1 aromatic carbocycles. The van der Waals surface area contributed by atoms with Crippen LogP contribution in [-0.4, -0.2) is 63.7 Å². The number of carbonyl (C=O) groups is 4. The molecule has 1 aliphatic rings. The molecule has 4 atom stereocenters. The molecule has 2 rings (SSSR count). The van der Waals surface area contributed by atoms with Gasteiger partial charge in [-0.3, -0.25) is 19.7 Å². The predicted octanol–water partition coefficient (Wildman–Crippen LogP) is 0.466. The van der Waals surface area contributed by atoms with Crippen LogP contribution in [0.15, 0.2) is 42.5 Å². The number of hydrogen-bond donors (Lipinski definition) is 4. The first-order chi connectivity index (χ1) is 15.6. The van der Waals surface area contributed by atoms with Crippen molar-refractivity contribution in [2.24, 2.45) is 17.6 Å². The molecule has 3 unspecified atom stereocenters. The lowest BCUT2D eigenvalue weighted by atomic mass is 9.88. The summed E-state index contributed by atoms with van der Waals surface area (Å²) < 4.78 is 5.32. The van der Waals surface area contributed by atoms with Gasteiger partial charge >= 0.3 is 6.09 Å². The molecule has 10 heteroatoms. The van der Waals surface area contributed by atoms with Gasteiger partial charge in [-0.15, -0.1) is 0 Å². The van der Waals surface area contributed by atoms with Crippen LogP contribution in [0.4, 0.5) is 4.79 Å². The van der Waals surface area contributed by atoms with Crippen LogP contribution in [0.5, 0.6) is 0 Å². The topological polar surface area (TPSA) is 159 Å². The molecule has 0 saturated carbocycles. The quantitative estimate of drug-likeness (QED) is 0.407. The third-order valence-electron chi connectivity index (χ3n) is 5.15. The van der Waals surface area contributed by atoms with Crippen LogP contribution >= 0.6 is 0 Å². The van der Waals surface area contributed by atoms with Gasteiger partial charge in [0.2, 0.25) is 17.7 Å². The molecule has 5 N–H and O–H groups in total. The van der Waals surface area contributed by atoms with Crippen LogP contribution in [-0.2, 0) is 25.7 Å². The van der Waals surface area contributed by atoms with Gasteiger partial charge in [-0.05, 0) is 24.3 Å². The number of nitrogens with one attached hydrogen (secondary N) is 1. The van der Waals surface area contributed by atoms with E-state index in [0.29, 0.717) is 10.5 Å². The minimum atomic E-state index is -1.38. The molecule has 33 heavy (non-hydrogen) atoms. The standard InChI is InChI=1S/C23H31N3O7/c1-14(2)10-18(21(30)25-20(29)12-24)26(22(31)17-11-16(27)8-9-19(17)28)23(32)33-13-15-6-4-3-5-7-15/h3-9,14,16-19,27-28H,10-13,24H2,1-2H3,(H,25,29,30)/t16?,17?,18-,19?/m0/s1. The minimum absolute atomic E-state index is 0.0388. The summed E-state index contributed by atoms with van der Waals surface area (Å²) in [5, 5.41) is 22.3. The number of imide groups is 2. The molecule has 0 aliphatic heterocycles. The highest BCUT2D eigenvalue weighted by atomic mass is 16.6. The molecule has 10 nitrogen and oxygen atoms in total. The van der Waals surface area contributed by atoms with Crippen molar-refractivity contribution >= 4 is 23.8 Å². The van der Waals surface area contributed by atoms with Crippen molar-refractivity contribution in [3.05, 3.63) is 48.0 Å². The highest BCUT2D eigenvalue weighted by Crippen LogP contribution is 2.25. The Morgan fingerprint density at radius 3 is 2.42 bits per heavy atom. The van der Waals surface area contributed by atoms with Crippen molar-refractivity contribution in [1.82, 2.24) is 10.2 Å². The van der Waals surface area contributed by atoms with Crippen LogP contribution in [0.2, 0.25) is 0 Å². The van der Waals surface area contributed by atoms with Crippen molar-refractivity contribution in [2.45, 2.75) is 51.5 Å². The van der Waals surface area contributed by atoms with Crippen LogP contribution in [0.1, 0.15) is 32.3 Å². The third-order valence-corrected chi connectivity index (χ3v) is 5.15. The Bertz CT molecular complexity index is 872. The average molecular weight is 462 g/mol. The molecular formula is C23H31N3O7. The highest BCUT2D eigenvalue weighted by Gasteiger charge is 2.42. The molecule has 0 saturated heterocycles. The Hall–Kier alpha value is -3.08. The lowest BCUT2D eigenvalue weighted by Crippen LogP contribution is -2.57. The summed E-state index contributed by atoms with van der Waals surface area (Å²) >= 11 is 0. The van der Waals surface area contributed by atoms with Gasteiger partial charge < -0.3 is 20.7 Å².